The Morgan fingerprint density at radius 2 is 2.33 bits per heavy atom. The van der Waals surface area contributed by atoms with Crippen LogP contribution in [-0.2, 0) is 11.8 Å². The molecular weight excluding hydrogens is 198 g/mol. The summed E-state index contributed by atoms with van der Waals surface area (Å²) in [6, 6.07) is 0. The van der Waals surface area contributed by atoms with Crippen LogP contribution in [0.15, 0.2) is 0 Å². The quantitative estimate of drug-likeness (QED) is 0.681. The van der Waals surface area contributed by atoms with Gasteiger partial charge in [-0.25, -0.2) is 4.79 Å². The molecule has 0 spiro atoms. The number of carbonyl (C=O) groups excluding carboxylic acids is 1. The third kappa shape index (κ3) is 2.47. The first-order chi connectivity index (χ1) is 6.93. The first-order valence-corrected chi connectivity index (χ1v) is 4.57. The lowest BCUT2D eigenvalue weighted by molar-refractivity contribution is 0.0286. The molecule has 0 aromatic carbocycles. The van der Waals surface area contributed by atoms with Crippen molar-refractivity contribution in [1.29, 1.82) is 0 Å². The van der Waals surface area contributed by atoms with Crippen LogP contribution in [0.2, 0.25) is 0 Å². The second kappa shape index (κ2) is 4.31. The highest BCUT2D eigenvalue weighted by molar-refractivity contribution is 5.93. The maximum atomic E-state index is 11.5. The Morgan fingerprint density at radius 1 is 1.73 bits per heavy atom. The number of carbonyl (C=O) groups is 1. The van der Waals surface area contributed by atoms with Gasteiger partial charge in [0.1, 0.15) is 6.61 Å². The van der Waals surface area contributed by atoms with Crippen LogP contribution in [0.4, 0.5) is 5.69 Å². The van der Waals surface area contributed by atoms with Crippen molar-refractivity contribution in [2.24, 2.45) is 7.05 Å². The molecule has 0 aliphatic heterocycles. The van der Waals surface area contributed by atoms with E-state index in [4.69, 9.17) is 15.6 Å². The lowest BCUT2D eigenvalue weighted by Gasteiger charge is -2.07. The Balaban J connectivity index is 2.82. The van der Waals surface area contributed by atoms with Crippen molar-refractivity contribution in [3.63, 3.8) is 0 Å². The zero-order valence-corrected chi connectivity index (χ0v) is 9.02. The maximum Gasteiger partial charge on any atom is 0.358 e. The second-order valence-corrected chi connectivity index (χ2v) is 3.42. The molecule has 0 saturated carbocycles. The van der Waals surface area contributed by atoms with Crippen molar-refractivity contribution in [2.45, 2.75) is 20.0 Å². The van der Waals surface area contributed by atoms with E-state index in [0.717, 1.165) is 0 Å². The lowest BCUT2D eigenvalue weighted by Crippen LogP contribution is -2.18. The van der Waals surface area contributed by atoms with Crippen LogP contribution in [-0.4, -0.2) is 33.6 Å². The van der Waals surface area contributed by atoms with Gasteiger partial charge in [-0.05, 0) is 13.8 Å². The smallest absolute Gasteiger partial charge is 0.358 e. The van der Waals surface area contributed by atoms with Gasteiger partial charge in [0.05, 0.1) is 17.5 Å². The van der Waals surface area contributed by atoms with Gasteiger partial charge in [0.2, 0.25) is 0 Å². The summed E-state index contributed by atoms with van der Waals surface area (Å²) in [5, 5.41) is 12.9. The number of anilines is 1. The molecule has 1 aromatic rings. The molecular formula is C9H15N3O3. The summed E-state index contributed by atoms with van der Waals surface area (Å²) in [6.45, 7) is 3.19. The van der Waals surface area contributed by atoms with E-state index in [9.17, 15) is 4.79 Å². The number of nitrogens with two attached hydrogens (primary N) is 1. The van der Waals surface area contributed by atoms with Crippen LogP contribution in [0.3, 0.4) is 0 Å². The predicted octanol–water partition coefficient (Wildman–Crippen LogP) is -0.152. The van der Waals surface area contributed by atoms with Gasteiger partial charge in [0.15, 0.2) is 5.69 Å². The third-order valence-electron chi connectivity index (χ3n) is 1.92. The van der Waals surface area contributed by atoms with E-state index in [-0.39, 0.29) is 12.3 Å². The van der Waals surface area contributed by atoms with E-state index < -0.39 is 12.1 Å². The molecule has 1 rings (SSSR count). The van der Waals surface area contributed by atoms with Crippen LogP contribution in [0.5, 0.6) is 0 Å². The molecule has 0 aliphatic rings. The Hall–Kier alpha value is -1.56. The van der Waals surface area contributed by atoms with E-state index in [2.05, 4.69) is 5.10 Å². The van der Waals surface area contributed by atoms with Gasteiger partial charge in [-0.2, -0.15) is 5.10 Å². The number of aromatic nitrogens is 2. The number of aliphatic hydroxyl groups is 1. The number of hydrogen-bond acceptors (Lipinski definition) is 5. The monoisotopic (exact) mass is 213 g/mol. The Labute approximate surface area is 87.6 Å². The highest BCUT2D eigenvalue weighted by Crippen LogP contribution is 2.16. The second-order valence-electron chi connectivity index (χ2n) is 3.42. The number of aliphatic hydroxyl groups excluding tert-OH is 1. The normalized spacial score (nSPS) is 12.5. The fourth-order valence-corrected chi connectivity index (χ4v) is 1.18. The SMILES string of the molecule is Cc1nn(C)c(C(=O)OCC(C)O)c1N. The molecule has 0 fully saturated rings. The lowest BCUT2D eigenvalue weighted by atomic mass is 10.3. The van der Waals surface area contributed by atoms with E-state index in [1.807, 2.05) is 0 Å². The summed E-state index contributed by atoms with van der Waals surface area (Å²) in [6.07, 6.45) is -0.690. The average molecular weight is 213 g/mol. The van der Waals surface area contributed by atoms with Crippen molar-refractivity contribution in [3.05, 3.63) is 11.4 Å². The van der Waals surface area contributed by atoms with Gasteiger partial charge in [-0.1, -0.05) is 0 Å². The van der Waals surface area contributed by atoms with E-state index >= 15 is 0 Å². The van der Waals surface area contributed by atoms with Crippen molar-refractivity contribution in [1.82, 2.24) is 9.78 Å². The van der Waals surface area contributed by atoms with Crippen LogP contribution in [0.25, 0.3) is 0 Å². The summed E-state index contributed by atoms with van der Waals surface area (Å²) in [5.41, 5.74) is 6.78. The third-order valence-corrected chi connectivity index (χ3v) is 1.92. The number of rotatable bonds is 3. The molecule has 0 saturated heterocycles. The minimum Gasteiger partial charge on any atom is -0.458 e. The molecule has 6 nitrogen and oxygen atoms in total. The van der Waals surface area contributed by atoms with E-state index in [1.54, 1.807) is 14.0 Å². The fraction of sp³-hybridized carbons (Fsp3) is 0.556. The molecule has 0 aliphatic carbocycles. The van der Waals surface area contributed by atoms with Crippen molar-refractivity contribution in [3.8, 4) is 0 Å². The van der Waals surface area contributed by atoms with Gasteiger partial charge < -0.3 is 15.6 Å². The molecule has 0 bridgehead atoms. The average Bonchev–Trinajstić information content (AvgIpc) is 2.37. The van der Waals surface area contributed by atoms with E-state index in [1.165, 1.54) is 11.6 Å². The zero-order chi connectivity index (χ0) is 11.6. The predicted molar refractivity (Wildman–Crippen MR) is 54.3 cm³/mol. The zero-order valence-electron chi connectivity index (χ0n) is 9.02. The topological polar surface area (TPSA) is 90.4 Å². The van der Waals surface area contributed by atoms with Crippen LogP contribution in [0.1, 0.15) is 23.1 Å². The van der Waals surface area contributed by atoms with Gasteiger partial charge in [0.25, 0.3) is 0 Å². The van der Waals surface area contributed by atoms with Crippen LogP contribution < -0.4 is 5.73 Å². The first kappa shape index (κ1) is 11.5. The van der Waals surface area contributed by atoms with Crippen molar-refractivity contribution >= 4 is 11.7 Å². The largest absolute Gasteiger partial charge is 0.458 e. The number of hydrogen-bond donors (Lipinski definition) is 2. The molecule has 84 valence electrons. The van der Waals surface area contributed by atoms with Gasteiger partial charge >= 0.3 is 5.97 Å². The summed E-state index contributed by atoms with van der Waals surface area (Å²) in [7, 11) is 1.61. The van der Waals surface area contributed by atoms with Crippen molar-refractivity contribution < 1.29 is 14.6 Å². The summed E-state index contributed by atoms with van der Waals surface area (Å²) < 4.78 is 6.20. The number of esters is 1. The number of ether oxygens (including phenoxy) is 1. The van der Waals surface area contributed by atoms with Crippen LogP contribution in [0, 0.1) is 6.92 Å². The number of aryl methyl sites for hydroxylation is 2. The number of nitrogens with zero attached hydrogens (tertiary/aromatic N) is 2. The molecule has 1 atom stereocenters. The molecule has 3 N–H and O–H groups in total. The Bertz CT molecular complexity index is 371. The molecule has 1 aromatic heterocycles. The fourth-order valence-electron chi connectivity index (χ4n) is 1.18. The molecule has 1 heterocycles. The Morgan fingerprint density at radius 3 is 2.73 bits per heavy atom. The van der Waals surface area contributed by atoms with Gasteiger partial charge in [0, 0.05) is 7.05 Å². The van der Waals surface area contributed by atoms with Crippen molar-refractivity contribution in [2.75, 3.05) is 12.3 Å². The van der Waals surface area contributed by atoms with E-state index in [0.29, 0.717) is 11.4 Å². The standard InChI is InChI=1S/C9H15N3O3/c1-5(13)4-15-9(14)8-7(10)6(2)11-12(8)3/h5,13H,4,10H2,1-3H3. The molecule has 0 amide bonds. The van der Waals surface area contributed by atoms with Gasteiger partial charge in [-0.15, -0.1) is 0 Å². The molecule has 6 heteroatoms. The van der Waals surface area contributed by atoms with Crippen LogP contribution >= 0.6 is 0 Å². The maximum absolute atomic E-state index is 11.5. The molecule has 0 radical (unpaired) electrons. The first-order valence-electron chi connectivity index (χ1n) is 4.57. The summed E-state index contributed by atoms with van der Waals surface area (Å²) >= 11 is 0. The Kier molecular flexibility index (Phi) is 3.31. The minimum atomic E-state index is -0.690. The summed E-state index contributed by atoms with van der Waals surface area (Å²) in [4.78, 5) is 11.5. The minimum absolute atomic E-state index is 0.0531. The highest BCUT2D eigenvalue weighted by Gasteiger charge is 2.19. The molecule has 15 heavy (non-hydrogen) atoms. The number of nitrogen functional groups attached to an aromatic ring is 1. The highest BCUT2D eigenvalue weighted by atomic mass is 16.5. The summed E-state index contributed by atoms with van der Waals surface area (Å²) in [5.74, 6) is -0.573. The van der Waals surface area contributed by atoms with Gasteiger partial charge in [-0.3, -0.25) is 4.68 Å². The molecule has 1 unspecified atom stereocenters.